The number of hydrogen-bond donors (Lipinski definition) is 0. The average molecular weight is 323 g/mol. The maximum atomic E-state index is 13.8. The number of halogens is 2. The summed E-state index contributed by atoms with van der Waals surface area (Å²) >= 11 is 5.96. The lowest BCUT2D eigenvalue weighted by Crippen LogP contribution is -2.19. The van der Waals surface area contributed by atoms with Gasteiger partial charge in [0.25, 0.3) is 5.69 Å². The minimum absolute atomic E-state index is 0.0623. The predicted octanol–water partition coefficient (Wildman–Crippen LogP) is 3.84. The molecule has 2 rings (SSSR count). The van der Waals surface area contributed by atoms with Crippen molar-refractivity contribution in [3.05, 3.63) is 68.5 Å². The van der Waals surface area contributed by atoms with Gasteiger partial charge in [0.1, 0.15) is 17.8 Å². The Balaban J connectivity index is 2.39. The van der Waals surface area contributed by atoms with Crippen LogP contribution >= 0.6 is 11.6 Å². The lowest BCUT2D eigenvalue weighted by atomic mass is 10.1. The van der Waals surface area contributed by atoms with Crippen LogP contribution in [0.3, 0.4) is 0 Å². The van der Waals surface area contributed by atoms with Crippen molar-refractivity contribution in [2.45, 2.75) is 6.54 Å². The molecule has 0 aliphatic carbocycles. The molecule has 0 atom stereocenters. The number of rotatable bonds is 5. The number of hydrogen-bond acceptors (Lipinski definition) is 4. The fourth-order valence-electron chi connectivity index (χ4n) is 2.09. The smallest absolute Gasteiger partial charge is 0.293 e. The Labute approximate surface area is 131 Å². The van der Waals surface area contributed by atoms with Gasteiger partial charge in [-0.25, -0.2) is 4.39 Å². The Morgan fingerprint density at radius 1 is 1.36 bits per heavy atom. The topological polar surface area (TPSA) is 63.5 Å². The summed E-state index contributed by atoms with van der Waals surface area (Å²) in [5.41, 5.74) is 0.502. The molecule has 0 spiro atoms. The van der Waals surface area contributed by atoms with Gasteiger partial charge in [-0.2, -0.15) is 0 Å². The molecule has 7 heteroatoms. The molecular weight excluding hydrogens is 311 g/mol. The molecule has 0 bridgehead atoms. The molecule has 0 saturated carbocycles. The zero-order chi connectivity index (χ0) is 16.3. The van der Waals surface area contributed by atoms with Gasteiger partial charge in [0.15, 0.2) is 0 Å². The van der Waals surface area contributed by atoms with Gasteiger partial charge < -0.3 is 4.90 Å². The zero-order valence-electron chi connectivity index (χ0n) is 11.6. The van der Waals surface area contributed by atoms with Crippen LogP contribution in [0.4, 0.5) is 15.8 Å². The highest BCUT2D eigenvalue weighted by molar-refractivity contribution is 6.31. The van der Waals surface area contributed by atoms with Crippen molar-refractivity contribution in [1.29, 1.82) is 0 Å². The van der Waals surface area contributed by atoms with Gasteiger partial charge in [0.05, 0.1) is 4.92 Å². The molecule has 22 heavy (non-hydrogen) atoms. The maximum absolute atomic E-state index is 13.8. The Hall–Kier alpha value is -2.47. The summed E-state index contributed by atoms with van der Waals surface area (Å²) in [6, 6.07) is 8.42. The van der Waals surface area contributed by atoms with E-state index < -0.39 is 10.7 Å². The second kappa shape index (κ2) is 6.53. The van der Waals surface area contributed by atoms with Crippen LogP contribution in [0.5, 0.6) is 0 Å². The van der Waals surface area contributed by atoms with E-state index in [-0.39, 0.29) is 34.1 Å². The van der Waals surface area contributed by atoms with Crippen LogP contribution in [0, 0.1) is 15.9 Å². The van der Waals surface area contributed by atoms with Gasteiger partial charge in [0.2, 0.25) is 0 Å². The van der Waals surface area contributed by atoms with Crippen molar-refractivity contribution in [3.8, 4) is 0 Å². The van der Waals surface area contributed by atoms with Gasteiger partial charge in [0, 0.05) is 35.8 Å². The van der Waals surface area contributed by atoms with Crippen molar-refractivity contribution >= 4 is 29.3 Å². The predicted molar refractivity (Wildman–Crippen MR) is 82.0 cm³/mol. The molecule has 0 amide bonds. The summed E-state index contributed by atoms with van der Waals surface area (Å²) in [6.07, 6.45) is 0.532. The normalized spacial score (nSPS) is 10.3. The summed E-state index contributed by atoms with van der Waals surface area (Å²) in [5, 5.41) is 11.4. The fraction of sp³-hybridized carbons (Fsp3) is 0.133. The molecule has 2 aromatic carbocycles. The Bertz CT molecular complexity index is 716. The highest BCUT2D eigenvalue weighted by atomic mass is 35.5. The van der Waals surface area contributed by atoms with Crippen LogP contribution in [0.2, 0.25) is 5.02 Å². The molecular formula is C15H12ClFN2O3. The third kappa shape index (κ3) is 3.23. The van der Waals surface area contributed by atoms with Crippen LogP contribution in [-0.2, 0) is 6.54 Å². The molecule has 0 fully saturated rings. The number of nitrogens with zero attached hydrogens (tertiary/aromatic N) is 2. The SMILES string of the molecule is CN(Cc1c(F)cccc1Cl)c1ccc(C=O)cc1[N+](=O)[O-]. The van der Waals surface area contributed by atoms with E-state index in [1.165, 1.54) is 35.2 Å². The first kappa shape index (κ1) is 15.9. The zero-order valence-corrected chi connectivity index (χ0v) is 12.4. The van der Waals surface area contributed by atoms with E-state index in [1.54, 1.807) is 13.1 Å². The first-order chi connectivity index (χ1) is 10.4. The lowest BCUT2D eigenvalue weighted by Gasteiger charge is -2.20. The van der Waals surface area contributed by atoms with E-state index in [9.17, 15) is 19.3 Å². The van der Waals surface area contributed by atoms with E-state index >= 15 is 0 Å². The molecule has 0 N–H and O–H groups in total. The third-order valence-corrected chi connectivity index (χ3v) is 3.55. The second-order valence-corrected chi connectivity index (χ2v) is 5.09. The number of carbonyl (C=O) groups is 1. The molecule has 0 aliphatic rings. The number of nitro benzene ring substituents is 1. The van der Waals surface area contributed by atoms with E-state index in [1.807, 2.05) is 0 Å². The fourth-order valence-corrected chi connectivity index (χ4v) is 2.31. The number of anilines is 1. The van der Waals surface area contributed by atoms with Crippen molar-refractivity contribution in [2.75, 3.05) is 11.9 Å². The Morgan fingerprint density at radius 3 is 2.68 bits per heavy atom. The molecule has 0 aromatic heterocycles. The van der Waals surface area contributed by atoms with Crippen molar-refractivity contribution < 1.29 is 14.1 Å². The highest BCUT2D eigenvalue weighted by Gasteiger charge is 2.19. The monoisotopic (exact) mass is 322 g/mol. The van der Waals surface area contributed by atoms with Crippen LogP contribution in [0.1, 0.15) is 15.9 Å². The summed E-state index contributed by atoms with van der Waals surface area (Å²) in [5.74, 6) is -0.480. The standard InChI is InChI=1S/C15H12ClFN2O3/c1-18(8-11-12(16)3-2-4-13(11)17)14-6-5-10(9-20)7-15(14)19(21)22/h2-7,9H,8H2,1H3. The number of carbonyl (C=O) groups excluding carboxylic acids is 1. The van der Waals surface area contributed by atoms with Crippen LogP contribution < -0.4 is 4.90 Å². The average Bonchev–Trinajstić information content (AvgIpc) is 2.50. The molecule has 0 aliphatic heterocycles. The van der Waals surface area contributed by atoms with E-state index in [0.29, 0.717) is 6.29 Å². The molecule has 5 nitrogen and oxygen atoms in total. The van der Waals surface area contributed by atoms with Crippen molar-refractivity contribution in [2.24, 2.45) is 0 Å². The molecule has 114 valence electrons. The Kier molecular flexibility index (Phi) is 4.72. The van der Waals surface area contributed by atoms with Gasteiger partial charge in [-0.05, 0) is 24.3 Å². The summed E-state index contributed by atoms with van der Waals surface area (Å²) in [7, 11) is 1.59. The maximum Gasteiger partial charge on any atom is 0.293 e. The van der Waals surface area contributed by atoms with E-state index in [0.717, 1.165) is 0 Å². The van der Waals surface area contributed by atoms with Crippen molar-refractivity contribution in [3.63, 3.8) is 0 Å². The van der Waals surface area contributed by atoms with Crippen LogP contribution in [0.25, 0.3) is 0 Å². The molecule has 0 unspecified atom stereocenters. The van der Waals surface area contributed by atoms with E-state index in [2.05, 4.69) is 0 Å². The lowest BCUT2D eigenvalue weighted by molar-refractivity contribution is -0.384. The summed E-state index contributed by atoms with van der Waals surface area (Å²) < 4.78 is 13.8. The number of nitro groups is 1. The largest absolute Gasteiger partial charge is 0.365 e. The van der Waals surface area contributed by atoms with Crippen molar-refractivity contribution in [1.82, 2.24) is 0 Å². The second-order valence-electron chi connectivity index (χ2n) is 4.68. The molecule has 0 saturated heterocycles. The molecule has 0 radical (unpaired) electrons. The number of benzene rings is 2. The van der Waals surface area contributed by atoms with Crippen LogP contribution in [-0.4, -0.2) is 18.3 Å². The number of aldehydes is 1. The minimum atomic E-state index is -0.582. The Morgan fingerprint density at radius 2 is 2.09 bits per heavy atom. The van der Waals surface area contributed by atoms with Crippen LogP contribution in [0.15, 0.2) is 36.4 Å². The third-order valence-electron chi connectivity index (χ3n) is 3.20. The van der Waals surface area contributed by atoms with Gasteiger partial charge in [-0.3, -0.25) is 14.9 Å². The minimum Gasteiger partial charge on any atom is -0.365 e. The first-order valence-electron chi connectivity index (χ1n) is 6.31. The van der Waals surface area contributed by atoms with Gasteiger partial charge in [-0.1, -0.05) is 17.7 Å². The van der Waals surface area contributed by atoms with Gasteiger partial charge in [-0.15, -0.1) is 0 Å². The summed E-state index contributed by atoms with van der Waals surface area (Å²) in [6.45, 7) is 0.0623. The summed E-state index contributed by atoms with van der Waals surface area (Å²) in [4.78, 5) is 22.8. The highest BCUT2D eigenvalue weighted by Crippen LogP contribution is 2.30. The van der Waals surface area contributed by atoms with Gasteiger partial charge >= 0.3 is 0 Å². The first-order valence-corrected chi connectivity index (χ1v) is 6.69. The molecule has 2 aromatic rings. The molecule has 0 heterocycles. The quantitative estimate of drug-likeness (QED) is 0.476. The van der Waals surface area contributed by atoms with E-state index in [4.69, 9.17) is 11.6 Å².